The number of nitrogens with zero attached hydrogens (tertiary/aromatic N) is 2. The molecule has 1 heterocycles. The molecule has 1 fully saturated rings. The van der Waals surface area contributed by atoms with Gasteiger partial charge in [-0.2, -0.15) is 5.10 Å². The van der Waals surface area contributed by atoms with Gasteiger partial charge in [-0.3, -0.25) is 4.68 Å². The molecule has 0 aliphatic heterocycles. The van der Waals surface area contributed by atoms with Crippen LogP contribution in [0.1, 0.15) is 63.1 Å². The lowest BCUT2D eigenvalue weighted by atomic mass is 9.93. The van der Waals surface area contributed by atoms with Crippen molar-refractivity contribution in [3.8, 4) is 0 Å². The van der Waals surface area contributed by atoms with Crippen LogP contribution >= 0.6 is 0 Å². The van der Waals surface area contributed by atoms with Crippen molar-refractivity contribution in [1.29, 1.82) is 0 Å². The predicted octanol–water partition coefficient (Wildman–Crippen LogP) is 3.37. The quantitative estimate of drug-likeness (QED) is 0.846. The van der Waals surface area contributed by atoms with Crippen LogP contribution in [0.4, 0.5) is 0 Å². The third kappa shape index (κ3) is 3.27. The minimum absolute atomic E-state index is 0.378. The molecule has 1 aromatic rings. The van der Waals surface area contributed by atoms with Crippen molar-refractivity contribution in [2.24, 2.45) is 5.73 Å². The largest absolute Gasteiger partial charge is 0.327 e. The topological polar surface area (TPSA) is 43.8 Å². The van der Waals surface area contributed by atoms with Crippen molar-refractivity contribution < 1.29 is 0 Å². The highest BCUT2D eigenvalue weighted by atomic mass is 15.3. The second-order valence-corrected chi connectivity index (χ2v) is 6.15. The Kier molecular flexibility index (Phi) is 4.02. The first-order chi connectivity index (χ1) is 9.31. The number of rotatable bonds is 3. The smallest absolute Gasteiger partial charge is 0.0665 e. The zero-order valence-electron chi connectivity index (χ0n) is 11.7. The molecule has 19 heavy (non-hydrogen) atoms. The van der Waals surface area contributed by atoms with Gasteiger partial charge in [-0.1, -0.05) is 30.9 Å². The molecule has 0 aromatic carbocycles. The highest BCUT2D eigenvalue weighted by Crippen LogP contribution is 2.28. The summed E-state index contributed by atoms with van der Waals surface area (Å²) in [6, 6.07) is 3.23. The summed E-state index contributed by atoms with van der Waals surface area (Å²) >= 11 is 0. The van der Waals surface area contributed by atoms with E-state index in [0.29, 0.717) is 12.1 Å². The van der Waals surface area contributed by atoms with Crippen molar-refractivity contribution in [1.82, 2.24) is 9.78 Å². The van der Waals surface area contributed by atoms with E-state index in [-0.39, 0.29) is 0 Å². The van der Waals surface area contributed by atoms with Crippen LogP contribution in [0, 0.1) is 0 Å². The maximum Gasteiger partial charge on any atom is 0.0665 e. The Morgan fingerprint density at radius 1 is 1.21 bits per heavy atom. The van der Waals surface area contributed by atoms with Crippen LogP contribution in [0.15, 0.2) is 23.9 Å². The molecular weight excluding hydrogens is 234 g/mol. The van der Waals surface area contributed by atoms with E-state index in [1.54, 1.807) is 0 Å². The average Bonchev–Trinajstić information content (AvgIpc) is 2.91. The maximum atomic E-state index is 5.93. The molecule has 0 radical (unpaired) electrons. The molecule has 1 unspecified atom stereocenters. The Morgan fingerprint density at radius 3 is 2.79 bits per heavy atom. The van der Waals surface area contributed by atoms with Gasteiger partial charge in [0.1, 0.15) is 0 Å². The number of nitrogens with two attached hydrogens (primary N) is 1. The Labute approximate surface area is 115 Å². The first-order valence-electron chi connectivity index (χ1n) is 7.79. The van der Waals surface area contributed by atoms with Crippen LogP contribution in [-0.4, -0.2) is 15.8 Å². The fourth-order valence-electron chi connectivity index (χ4n) is 3.32. The summed E-state index contributed by atoms with van der Waals surface area (Å²) in [5, 5.41) is 4.79. The van der Waals surface area contributed by atoms with Gasteiger partial charge < -0.3 is 5.73 Å². The molecule has 2 N–H and O–H groups in total. The molecule has 3 nitrogen and oxygen atoms in total. The van der Waals surface area contributed by atoms with E-state index in [0.717, 1.165) is 25.7 Å². The Morgan fingerprint density at radius 2 is 2.05 bits per heavy atom. The van der Waals surface area contributed by atoms with E-state index in [9.17, 15) is 0 Å². The van der Waals surface area contributed by atoms with Crippen LogP contribution < -0.4 is 5.73 Å². The molecule has 3 heteroatoms. The molecule has 2 aliphatic carbocycles. The molecule has 0 spiro atoms. The second kappa shape index (κ2) is 5.91. The van der Waals surface area contributed by atoms with E-state index >= 15 is 0 Å². The second-order valence-electron chi connectivity index (χ2n) is 6.15. The minimum Gasteiger partial charge on any atom is -0.327 e. The molecular formula is C16H25N3. The number of aromatic nitrogens is 2. The Bertz CT molecular complexity index is 441. The van der Waals surface area contributed by atoms with Crippen LogP contribution in [0.25, 0.3) is 0 Å². The Hall–Kier alpha value is -1.09. The summed E-state index contributed by atoms with van der Waals surface area (Å²) in [4.78, 5) is 0. The molecule has 1 saturated carbocycles. The third-order valence-corrected chi connectivity index (χ3v) is 4.57. The van der Waals surface area contributed by atoms with Gasteiger partial charge in [-0.05, 0) is 38.2 Å². The lowest BCUT2D eigenvalue weighted by molar-refractivity contribution is 0.328. The third-order valence-electron chi connectivity index (χ3n) is 4.57. The summed E-state index contributed by atoms with van der Waals surface area (Å²) < 4.78 is 2.21. The molecule has 2 aliphatic rings. The predicted molar refractivity (Wildman–Crippen MR) is 78.0 cm³/mol. The monoisotopic (exact) mass is 259 g/mol. The highest BCUT2D eigenvalue weighted by molar-refractivity contribution is 5.16. The first kappa shape index (κ1) is 12.9. The summed E-state index contributed by atoms with van der Waals surface area (Å²) in [5.41, 5.74) is 8.68. The van der Waals surface area contributed by atoms with Crippen LogP contribution in [-0.2, 0) is 6.42 Å². The van der Waals surface area contributed by atoms with Gasteiger partial charge in [0, 0.05) is 18.7 Å². The van der Waals surface area contributed by atoms with E-state index in [1.165, 1.54) is 43.4 Å². The molecule has 3 rings (SSSR count). The van der Waals surface area contributed by atoms with E-state index in [4.69, 9.17) is 10.8 Å². The van der Waals surface area contributed by atoms with Gasteiger partial charge in [0.25, 0.3) is 0 Å². The van der Waals surface area contributed by atoms with Gasteiger partial charge >= 0.3 is 0 Å². The summed E-state index contributed by atoms with van der Waals surface area (Å²) in [6.07, 6.45) is 15.6. The van der Waals surface area contributed by atoms with Crippen LogP contribution in [0.2, 0.25) is 0 Å². The fraction of sp³-hybridized carbons (Fsp3) is 0.688. The number of allylic oxidation sites excluding steroid dienone is 1. The molecule has 1 aromatic heterocycles. The molecule has 0 amide bonds. The lowest BCUT2D eigenvalue weighted by Gasteiger charge is -2.22. The lowest BCUT2D eigenvalue weighted by Crippen LogP contribution is -2.22. The molecule has 0 saturated heterocycles. The fourth-order valence-corrected chi connectivity index (χ4v) is 3.32. The minimum atomic E-state index is 0.378. The van der Waals surface area contributed by atoms with E-state index < -0.39 is 0 Å². The maximum absolute atomic E-state index is 5.93. The SMILES string of the molecule is NC1CC=C(Cc2ccn(C3CCCCC3)n2)CC1. The van der Waals surface area contributed by atoms with Crippen LogP contribution in [0.5, 0.6) is 0 Å². The Balaban J connectivity index is 1.61. The van der Waals surface area contributed by atoms with E-state index in [1.807, 2.05) is 0 Å². The van der Waals surface area contributed by atoms with E-state index in [2.05, 4.69) is 23.0 Å². The van der Waals surface area contributed by atoms with Crippen molar-refractivity contribution >= 4 is 0 Å². The molecule has 0 bridgehead atoms. The van der Waals surface area contributed by atoms with Gasteiger partial charge in [-0.25, -0.2) is 0 Å². The zero-order chi connectivity index (χ0) is 13.1. The zero-order valence-corrected chi connectivity index (χ0v) is 11.7. The number of hydrogen-bond acceptors (Lipinski definition) is 2. The van der Waals surface area contributed by atoms with Gasteiger partial charge in [0.05, 0.1) is 11.7 Å². The van der Waals surface area contributed by atoms with Crippen molar-refractivity contribution in [2.45, 2.75) is 69.9 Å². The summed E-state index contributed by atoms with van der Waals surface area (Å²) in [7, 11) is 0. The normalized spacial score (nSPS) is 25.3. The van der Waals surface area contributed by atoms with Gasteiger partial charge in [0.15, 0.2) is 0 Å². The standard InChI is InChI=1S/C16H25N3/c17-14-8-6-13(7-9-14)12-15-10-11-19(18-15)16-4-2-1-3-5-16/h6,10-11,14,16H,1-5,7-9,12,17H2. The summed E-state index contributed by atoms with van der Waals surface area (Å²) in [6.45, 7) is 0. The molecule has 104 valence electrons. The van der Waals surface area contributed by atoms with Crippen molar-refractivity contribution in [3.63, 3.8) is 0 Å². The van der Waals surface area contributed by atoms with Crippen molar-refractivity contribution in [3.05, 3.63) is 29.6 Å². The highest BCUT2D eigenvalue weighted by Gasteiger charge is 2.17. The molecule has 1 atom stereocenters. The van der Waals surface area contributed by atoms with Gasteiger partial charge in [0.2, 0.25) is 0 Å². The van der Waals surface area contributed by atoms with Gasteiger partial charge in [-0.15, -0.1) is 0 Å². The summed E-state index contributed by atoms with van der Waals surface area (Å²) in [5.74, 6) is 0. The van der Waals surface area contributed by atoms with Crippen molar-refractivity contribution in [2.75, 3.05) is 0 Å². The van der Waals surface area contributed by atoms with Crippen LogP contribution in [0.3, 0.4) is 0 Å². The average molecular weight is 259 g/mol. The number of hydrogen-bond donors (Lipinski definition) is 1. The first-order valence-corrected chi connectivity index (χ1v) is 7.79.